The number of carbonyl (C=O) groups is 2. The van der Waals surface area contributed by atoms with Gasteiger partial charge < -0.3 is 18.3 Å². The Bertz CT molecular complexity index is 1130. The van der Waals surface area contributed by atoms with Crippen molar-refractivity contribution in [3.05, 3.63) is 54.1 Å². The highest BCUT2D eigenvalue weighted by Gasteiger charge is 2.32. The van der Waals surface area contributed by atoms with Gasteiger partial charge in [-0.3, -0.25) is 4.79 Å². The smallest absolute Gasteiger partial charge is 0.343 e. The average Bonchev–Trinajstić information content (AvgIpc) is 3.02. The maximum Gasteiger partial charge on any atom is 0.343 e. The Morgan fingerprint density at radius 3 is 1.59 bits per heavy atom. The Morgan fingerprint density at radius 2 is 1.07 bits per heavy atom. The number of ether oxygens (including phenoxy) is 3. The van der Waals surface area contributed by atoms with Crippen molar-refractivity contribution in [1.82, 2.24) is 0 Å². The molecule has 6 nitrogen and oxygen atoms in total. The summed E-state index contributed by atoms with van der Waals surface area (Å²) in [6.45, 7) is 16.4. The summed E-state index contributed by atoms with van der Waals surface area (Å²) in [6.07, 6.45) is 16.1. The van der Waals surface area contributed by atoms with Gasteiger partial charge in [0.1, 0.15) is 17.2 Å². The predicted octanol–water partition coefficient (Wildman–Crippen LogP) is 11.4. The molecule has 46 heavy (non-hydrogen) atoms. The van der Waals surface area contributed by atoms with Crippen LogP contribution in [0.25, 0.3) is 0 Å². The van der Waals surface area contributed by atoms with Crippen LogP contribution in [0.3, 0.4) is 0 Å². The van der Waals surface area contributed by atoms with Crippen LogP contribution in [0.4, 0.5) is 0 Å². The highest BCUT2D eigenvalue weighted by atomic mass is 28.4. The van der Waals surface area contributed by atoms with E-state index >= 15 is 0 Å². The zero-order chi connectivity index (χ0) is 33.8. The molecular weight excluding hydrogens is 609 g/mol. The van der Waals surface area contributed by atoms with Crippen molar-refractivity contribution >= 4 is 28.6 Å². The fraction of sp³-hybridized carbons (Fsp3) is 0.632. The van der Waals surface area contributed by atoms with E-state index < -0.39 is 22.6 Å². The van der Waals surface area contributed by atoms with E-state index in [9.17, 15) is 9.59 Å². The van der Waals surface area contributed by atoms with Gasteiger partial charge in [-0.2, -0.15) is 0 Å². The van der Waals surface area contributed by atoms with Crippen LogP contribution in [0.5, 0.6) is 17.2 Å². The average molecular weight is 671 g/mol. The molecule has 2 aromatic carbocycles. The minimum atomic E-state index is -1.55. The number of hydrogen-bond acceptors (Lipinski definition) is 6. The molecule has 0 bridgehead atoms. The van der Waals surface area contributed by atoms with Gasteiger partial charge in [0, 0.05) is 0 Å². The summed E-state index contributed by atoms with van der Waals surface area (Å²) in [5, 5.41) is 0. The summed E-state index contributed by atoms with van der Waals surface area (Å²) < 4.78 is 23.5. The van der Waals surface area contributed by atoms with Gasteiger partial charge in [0.2, 0.25) is 0 Å². The molecule has 0 radical (unpaired) electrons. The van der Waals surface area contributed by atoms with Crippen LogP contribution in [0, 0.1) is 5.92 Å². The fourth-order valence-corrected chi connectivity index (χ4v) is 14.5. The van der Waals surface area contributed by atoms with E-state index in [1.807, 2.05) is 13.8 Å². The summed E-state index contributed by atoms with van der Waals surface area (Å²) in [5.41, 5.74) is 0.446. The number of carbonyl (C=O) groups excluding carboxylic acids is 2. The van der Waals surface area contributed by atoms with Crippen molar-refractivity contribution in [2.24, 2.45) is 5.92 Å². The fourth-order valence-electron chi connectivity index (χ4n) is 5.54. The second-order valence-corrected chi connectivity index (χ2v) is 22.8. The Balaban J connectivity index is 1.53. The molecule has 0 N–H and O–H groups in total. The van der Waals surface area contributed by atoms with Gasteiger partial charge in [0.05, 0.1) is 18.1 Å². The molecule has 0 aliphatic heterocycles. The summed E-state index contributed by atoms with van der Waals surface area (Å²) in [5.74, 6) is 0.683. The maximum absolute atomic E-state index is 12.6. The number of unbranched alkanes of at least 4 members (excludes halogenated alkanes) is 10. The highest BCUT2D eigenvalue weighted by Crippen LogP contribution is 2.26. The second-order valence-electron chi connectivity index (χ2n) is 14.0. The number of esters is 2. The zero-order valence-corrected chi connectivity index (χ0v) is 32.0. The lowest BCUT2D eigenvalue weighted by molar-refractivity contribution is -0.138. The molecule has 0 saturated heterocycles. The van der Waals surface area contributed by atoms with Crippen molar-refractivity contribution in [2.75, 3.05) is 6.61 Å². The van der Waals surface area contributed by atoms with E-state index in [1.165, 1.54) is 82.7 Å². The number of benzene rings is 2. The second kappa shape index (κ2) is 21.4. The van der Waals surface area contributed by atoms with Gasteiger partial charge in [0.25, 0.3) is 0 Å². The monoisotopic (exact) mass is 670 g/mol. The van der Waals surface area contributed by atoms with Gasteiger partial charge in [-0.15, -0.1) is 0 Å². The lowest BCUT2D eigenvalue weighted by Gasteiger charge is -2.34. The Hall–Kier alpha value is -2.43. The first-order chi connectivity index (χ1) is 21.9. The van der Waals surface area contributed by atoms with Crippen LogP contribution in [-0.2, 0) is 8.91 Å². The predicted molar refractivity (Wildman–Crippen MR) is 195 cm³/mol. The van der Waals surface area contributed by atoms with E-state index in [0.717, 1.165) is 18.6 Å². The van der Waals surface area contributed by atoms with Crippen molar-refractivity contribution in [1.29, 1.82) is 0 Å². The molecule has 8 heteroatoms. The van der Waals surface area contributed by atoms with Gasteiger partial charge in [0.15, 0.2) is 16.6 Å². The van der Waals surface area contributed by atoms with E-state index in [2.05, 4.69) is 33.1 Å². The lowest BCUT2D eigenvalue weighted by Crippen LogP contribution is -2.44. The molecule has 0 fully saturated rings. The molecule has 258 valence electrons. The molecular formula is C38H62O6Si2. The third-order valence-electron chi connectivity index (χ3n) is 8.48. The van der Waals surface area contributed by atoms with E-state index in [4.69, 9.17) is 18.3 Å². The van der Waals surface area contributed by atoms with Gasteiger partial charge in [-0.25, -0.2) is 4.79 Å². The Morgan fingerprint density at radius 1 is 0.609 bits per heavy atom. The topological polar surface area (TPSA) is 71.1 Å². The van der Waals surface area contributed by atoms with Crippen molar-refractivity contribution in [2.45, 2.75) is 143 Å². The first-order valence-electron chi connectivity index (χ1n) is 17.9. The van der Waals surface area contributed by atoms with Crippen LogP contribution < -0.4 is 14.2 Å². The van der Waals surface area contributed by atoms with Gasteiger partial charge in [-0.05, 0) is 99.6 Å². The minimum absolute atomic E-state index is 0.163. The van der Waals surface area contributed by atoms with Crippen molar-refractivity contribution in [3.63, 3.8) is 0 Å². The molecule has 0 amide bonds. The minimum Gasteiger partial charge on any atom is -0.494 e. The van der Waals surface area contributed by atoms with Crippen LogP contribution in [0.15, 0.2) is 48.5 Å². The highest BCUT2D eigenvalue weighted by molar-refractivity contribution is 6.84. The molecule has 0 aromatic heterocycles. The molecule has 1 unspecified atom stereocenters. The molecule has 2 aromatic rings. The van der Waals surface area contributed by atoms with Crippen LogP contribution in [0.2, 0.25) is 38.3 Å². The lowest BCUT2D eigenvalue weighted by atomic mass is 10.1. The van der Waals surface area contributed by atoms with E-state index in [1.54, 1.807) is 48.5 Å². The summed E-state index contributed by atoms with van der Waals surface area (Å²) >= 11 is 0. The summed E-state index contributed by atoms with van der Waals surface area (Å²) in [6, 6.07) is 16.1. The summed E-state index contributed by atoms with van der Waals surface area (Å²) in [4.78, 5) is 24.5. The standard InChI is InChI=1S/C38H62O6Si2/c1-8-10-11-19-30-45(4,5)44-46(6,7)31-20-17-15-13-12-14-16-18-29-41-34-23-21-33(22-24-34)38(40)43-36-27-25-35(26-28-36)42-37(39)32(3)9-2/h21-28,32H,8-20,29-31H2,1-7H3. The molecule has 2 rings (SSSR count). The number of hydrogen-bond donors (Lipinski definition) is 0. The molecule has 0 saturated carbocycles. The molecule has 0 aliphatic carbocycles. The molecule has 1 atom stereocenters. The van der Waals surface area contributed by atoms with E-state index in [0.29, 0.717) is 23.7 Å². The normalized spacial score (nSPS) is 12.5. The third kappa shape index (κ3) is 16.9. The Kier molecular flexibility index (Phi) is 18.5. The zero-order valence-electron chi connectivity index (χ0n) is 30.0. The first-order valence-corrected chi connectivity index (χ1v) is 24.1. The quantitative estimate of drug-likeness (QED) is 0.0479. The summed E-state index contributed by atoms with van der Waals surface area (Å²) in [7, 11) is -3.06. The SMILES string of the molecule is CCCCCC[Si](C)(C)O[Si](C)(C)CCCCCCCCCCOc1ccc(C(=O)Oc2ccc(OC(=O)C(C)CC)cc2)cc1. The Labute approximate surface area is 282 Å². The van der Waals surface area contributed by atoms with Crippen molar-refractivity contribution < 1.29 is 27.9 Å². The van der Waals surface area contributed by atoms with Crippen LogP contribution in [-0.4, -0.2) is 35.2 Å². The largest absolute Gasteiger partial charge is 0.494 e. The molecule has 0 heterocycles. The van der Waals surface area contributed by atoms with Gasteiger partial charge >= 0.3 is 11.9 Å². The van der Waals surface area contributed by atoms with Crippen LogP contribution in [0.1, 0.15) is 115 Å². The van der Waals surface area contributed by atoms with Crippen molar-refractivity contribution in [3.8, 4) is 17.2 Å². The van der Waals surface area contributed by atoms with E-state index in [-0.39, 0.29) is 11.9 Å². The molecule has 0 spiro atoms. The third-order valence-corrected chi connectivity index (χ3v) is 16.0. The van der Waals surface area contributed by atoms with Gasteiger partial charge in [-0.1, -0.05) is 91.4 Å². The first kappa shape index (κ1) is 39.8. The molecule has 0 aliphatic rings. The maximum atomic E-state index is 12.6. The number of rotatable bonds is 24. The van der Waals surface area contributed by atoms with Crippen LogP contribution >= 0.6 is 0 Å².